The van der Waals surface area contributed by atoms with Crippen molar-refractivity contribution < 1.29 is 27.9 Å². The summed E-state index contributed by atoms with van der Waals surface area (Å²) in [4.78, 5) is 22.8. The molecule has 0 saturated heterocycles. The van der Waals surface area contributed by atoms with E-state index in [0.29, 0.717) is 0 Å². The number of carboxylic acids is 1. The van der Waals surface area contributed by atoms with E-state index in [1.54, 1.807) is 0 Å². The van der Waals surface area contributed by atoms with Gasteiger partial charge in [-0.05, 0) is 32.0 Å². The highest BCUT2D eigenvalue weighted by Gasteiger charge is 2.36. The van der Waals surface area contributed by atoms with E-state index in [2.05, 4.69) is 21.2 Å². The minimum Gasteiger partial charge on any atom is -0.481 e. The molecule has 0 aliphatic carbocycles. The lowest BCUT2D eigenvalue weighted by atomic mass is 9.93. The maximum absolute atomic E-state index is 12.9. The molecule has 0 fully saturated rings. The quantitative estimate of drug-likeness (QED) is 0.857. The number of alkyl halides is 3. The Morgan fingerprint density at radius 3 is 2.33 bits per heavy atom. The molecule has 0 saturated carbocycles. The summed E-state index contributed by atoms with van der Waals surface area (Å²) in [6.07, 6.45) is -4.68. The molecule has 0 bridgehead atoms. The van der Waals surface area contributed by atoms with Gasteiger partial charge in [0.15, 0.2) is 0 Å². The molecule has 1 rings (SSSR count). The van der Waals surface area contributed by atoms with Crippen LogP contribution in [0.25, 0.3) is 0 Å². The van der Waals surface area contributed by atoms with Gasteiger partial charge < -0.3 is 10.4 Å². The summed E-state index contributed by atoms with van der Waals surface area (Å²) in [6, 6.07) is 3.15. The molecule has 4 nitrogen and oxygen atoms in total. The predicted molar refractivity (Wildman–Crippen MR) is 72.9 cm³/mol. The van der Waals surface area contributed by atoms with Crippen LogP contribution >= 0.6 is 15.9 Å². The number of rotatable bonds is 4. The van der Waals surface area contributed by atoms with Gasteiger partial charge in [0.1, 0.15) is 0 Å². The number of hydrogen-bond donors (Lipinski definition) is 2. The summed E-state index contributed by atoms with van der Waals surface area (Å²) < 4.78 is 38.9. The second kappa shape index (κ2) is 6.05. The van der Waals surface area contributed by atoms with Crippen molar-refractivity contribution in [3.05, 3.63) is 33.8 Å². The van der Waals surface area contributed by atoms with Crippen LogP contribution < -0.4 is 5.32 Å². The van der Waals surface area contributed by atoms with Crippen LogP contribution in [0.15, 0.2) is 22.7 Å². The topological polar surface area (TPSA) is 66.4 Å². The zero-order valence-corrected chi connectivity index (χ0v) is 12.8. The van der Waals surface area contributed by atoms with Crippen molar-refractivity contribution in [3.8, 4) is 0 Å². The van der Waals surface area contributed by atoms with Crippen LogP contribution in [0.4, 0.5) is 13.2 Å². The Hall–Kier alpha value is -1.57. The first-order chi connectivity index (χ1) is 9.45. The Morgan fingerprint density at radius 2 is 1.86 bits per heavy atom. The Kier molecular flexibility index (Phi) is 5.03. The maximum Gasteiger partial charge on any atom is 0.417 e. The molecule has 0 radical (unpaired) electrons. The average Bonchev–Trinajstić information content (AvgIpc) is 2.34. The zero-order chi connectivity index (χ0) is 16.4. The number of amides is 1. The number of carboxylic acid groups (broad SMARTS) is 1. The minimum atomic E-state index is -4.68. The van der Waals surface area contributed by atoms with Gasteiger partial charge in [-0.2, -0.15) is 13.2 Å². The van der Waals surface area contributed by atoms with E-state index in [9.17, 15) is 22.8 Å². The highest BCUT2D eigenvalue weighted by molar-refractivity contribution is 9.10. The second-order valence-electron chi connectivity index (χ2n) is 5.06. The Bertz CT molecular complexity index is 570. The molecule has 2 N–H and O–H groups in total. The maximum atomic E-state index is 12.9. The summed E-state index contributed by atoms with van der Waals surface area (Å²) in [5.41, 5.74) is -2.90. The van der Waals surface area contributed by atoms with E-state index in [4.69, 9.17) is 5.11 Å². The van der Waals surface area contributed by atoms with Gasteiger partial charge in [-0.15, -0.1) is 0 Å². The number of halogens is 4. The standard InChI is InChI=1S/C13H13BrF3NO3/c1-12(2,11(20)21)6-18-10(19)8-4-3-7(14)5-9(8)13(15,16)17/h3-5H,6H2,1-2H3,(H,18,19)(H,20,21). The van der Waals surface area contributed by atoms with Crippen molar-refractivity contribution in [2.24, 2.45) is 5.41 Å². The minimum absolute atomic E-state index is 0.192. The van der Waals surface area contributed by atoms with Gasteiger partial charge in [0.05, 0.1) is 16.5 Å². The Balaban J connectivity index is 3.01. The molecule has 1 aromatic carbocycles. The normalized spacial score (nSPS) is 12.1. The molecule has 1 amide bonds. The van der Waals surface area contributed by atoms with Gasteiger partial charge in [0, 0.05) is 11.0 Å². The summed E-state index contributed by atoms with van der Waals surface area (Å²) >= 11 is 2.92. The molecule has 1 aromatic rings. The lowest BCUT2D eigenvalue weighted by molar-refractivity contribution is -0.146. The van der Waals surface area contributed by atoms with E-state index in [1.165, 1.54) is 19.9 Å². The smallest absolute Gasteiger partial charge is 0.417 e. The highest BCUT2D eigenvalue weighted by Crippen LogP contribution is 2.33. The van der Waals surface area contributed by atoms with Crippen molar-refractivity contribution in [2.75, 3.05) is 6.54 Å². The first-order valence-corrected chi connectivity index (χ1v) is 6.63. The van der Waals surface area contributed by atoms with Crippen LogP contribution in [0.3, 0.4) is 0 Å². The third-order valence-corrected chi connectivity index (χ3v) is 3.29. The Morgan fingerprint density at radius 1 is 1.29 bits per heavy atom. The van der Waals surface area contributed by atoms with E-state index in [-0.39, 0.29) is 11.0 Å². The number of carbonyl (C=O) groups is 2. The third kappa shape index (κ3) is 4.45. The van der Waals surface area contributed by atoms with Crippen molar-refractivity contribution >= 4 is 27.8 Å². The summed E-state index contributed by atoms with van der Waals surface area (Å²) in [7, 11) is 0. The van der Waals surface area contributed by atoms with Crippen LogP contribution in [-0.2, 0) is 11.0 Å². The number of carbonyl (C=O) groups excluding carboxylic acids is 1. The number of benzene rings is 1. The number of hydrogen-bond acceptors (Lipinski definition) is 2. The zero-order valence-electron chi connectivity index (χ0n) is 11.2. The van der Waals surface area contributed by atoms with Gasteiger partial charge in [0.2, 0.25) is 0 Å². The van der Waals surface area contributed by atoms with Crippen LogP contribution in [0.5, 0.6) is 0 Å². The van der Waals surface area contributed by atoms with Crippen molar-refractivity contribution in [1.82, 2.24) is 5.32 Å². The fourth-order valence-electron chi connectivity index (χ4n) is 1.42. The molecular weight excluding hydrogens is 355 g/mol. The lowest BCUT2D eigenvalue weighted by Gasteiger charge is -2.20. The van der Waals surface area contributed by atoms with Gasteiger partial charge in [-0.25, -0.2) is 0 Å². The van der Waals surface area contributed by atoms with Gasteiger partial charge in [-0.1, -0.05) is 15.9 Å². The second-order valence-corrected chi connectivity index (χ2v) is 5.98. The van der Waals surface area contributed by atoms with E-state index in [1.807, 2.05) is 0 Å². The van der Waals surface area contributed by atoms with E-state index in [0.717, 1.165) is 12.1 Å². The molecule has 0 unspecified atom stereocenters. The van der Waals surface area contributed by atoms with Crippen LogP contribution in [0.2, 0.25) is 0 Å². The van der Waals surface area contributed by atoms with Crippen molar-refractivity contribution in [2.45, 2.75) is 20.0 Å². The SMILES string of the molecule is CC(C)(CNC(=O)c1ccc(Br)cc1C(F)(F)F)C(=O)O. The van der Waals surface area contributed by atoms with Crippen molar-refractivity contribution in [1.29, 1.82) is 0 Å². The Labute approximate surface area is 127 Å². The molecule has 0 aliphatic rings. The van der Waals surface area contributed by atoms with Crippen LogP contribution in [0, 0.1) is 5.41 Å². The average molecular weight is 368 g/mol. The molecule has 8 heteroatoms. The lowest BCUT2D eigenvalue weighted by Crippen LogP contribution is -2.39. The first-order valence-electron chi connectivity index (χ1n) is 5.83. The molecule has 0 atom stereocenters. The summed E-state index contributed by atoms with van der Waals surface area (Å²) in [6.45, 7) is 2.44. The molecular formula is C13H13BrF3NO3. The highest BCUT2D eigenvalue weighted by atomic mass is 79.9. The fraction of sp³-hybridized carbons (Fsp3) is 0.385. The summed E-state index contributed by atoms with van der Waals surface area (Å²) in [5, 5.41) is 11.1. The van der Waals surface area contributed by atoms with Gasteiger partial charge in [0.25, 0.3) is 5.91 Å². The predicted octanol–water partition coefficient (Wildman–Crippen LogP) is 3.31. The fourth-order valence-corrected chi connectivity index (χ4v) is 1.78. The molecule has 0 heterocycles. The monoisotopic (exact) mass is 367 g/mol. The van der Waals surface area contributed by atoms with E-state index >= 15 is 0 Å². The van der Waals surface area contributed by atoms with E-state index < -0.39 is 34.6 Å². The molecule has 0 spiro atoms. The van der Waals surface area contributed by atoms with Gasteiger partial charge >= 0.3 is 12.1 Å². The van der Waals surface area contributed by atoms with Crippen LogP contribution in [0.1, 0.15) is 29.8 Å². The molecule has 21 heavy (non-hydrogen) atoms. The van der Waals surface area contributed by atoms with Crippen LogP contribution in [-0.4, -0.2) is 23.5 Å². The summed E-state index contributed by atoms with van der Waals surface area (Å²) in [5.74, 6) is -2.13. The molecule has 0 aliphatic heterocycles. The largest absolute Gasteiger partial charge is 0.481 e. The number of nitrogens with one attached hydrogen (secondary N) is 1. The van der Waals surface area contributed by atoms with Crippen molar-refractivity contribution in [3.63, 3.8) is 0 Å². The first kappa shape index (κ1) is 17.5. The molecule has 0 aromatic heterocycles. The molecule has 116 valence electrons. The number of aliphatic carboxylic acids is 1. The third-order valence-electron chi connectivity index (χ3n) is 2.80. The van der Waals surface area contributed by atoms with Gasteiger partial charge in [-0.3, -0.25) is 9.59 Å².